The standard InChI is InChI=1S/C11H25NO3/c1-11(9-12-2)10-15-8-7-14-6-4-5-13-3/h11-12H,4-10H2,1-3H3. The van der Waals surface area contributed by atoms with Crippen LogP contribution in [0, 0.1) is 5.92 Å². The molecule has 0 spiro atoms. The van der Waals surface area contributed by atoms with Crippen molar-refractivity contribution in [3.63, 3.8) is 0 Å². The van der Waals surface area contributed by atoms with Crippen LogP contribution in [0.25, 0.3) is 0 Å². The number of rotatable bonds is 11. The summed E-state index contributed by atoms with van der Waals surface area (Å²) >= 11 is 0. The number of hydrogen-bond acceptors (Lipinski definition) is 4. The summed E-state index contributed by atoms with van der Waals surface area (Å²) in [6.07, 6.45) is 0.951. The highest BCUT2D eigenvalue weighted by Crippen LogP contribution is 1.93. The number of nitrogens with one attached hydrogen (secondary N) is 1. The Kier molecular flexibility index (Phi) is 11.8. The first-order valence-corrected chi connectivity index (χ1v) is 5.60. The van der Waals surface area contributed by atoms with Crippen molar-refractivity contribution in [1.29, 1.82) is 0 Å². The average Bonchev–Trinajstić information content (AvgIpc) is 2.22. The third-order valence-electron chi connectivity index (χ3n) is 1.96. The van der Waals surface area contributed by atoms with Gasteiger partial charge in [-0.25, -0.2) is 0 Å². The van der Waals surface area contributed by atoms with E-state index in [1.165, 1.54) is 0 Å². The van der Waals surface area contributed by atoms with Gasteiger partial charge in [0.1, 0.15) is 0 Å². The zero-order valence-electron chi connectivity index (χ0n) is 10.3. The maximum atomic E-state index is 5.46. The van der Waals surface area contributed by atoms with Crippen molar-refractivity contribution in [2.24, 2.45) is 5.92 Å². The first kappa shape index (κ1) is 14.8. The van der Waals surface area contributed by atoms with E-state index >= 15 is 0 Å². The van der Waals surface area contributed by atoms with Gasteiger partial charge in [0.25, 0.3) is 0 Å². The van der Waals surface area contributed by atoms with E-state index in [-0.39, 0.29) is 0 Å². The molecule has 4 nitrogen and oxygen atoms in total. The highest BCUT2D eigenvalue weighted by molar-refractivity contribution is 4.52. The lowest BCUT2D eigenvalue weighted by molar-refractivity contribution is 0.0298. The molecule has 15 heavy (non-hydrogen) atoms. The van der Waals surface area contributed by atoms with Crippen LogP contribution in [0.5, 0.6) is 0 Å². The quantitative estimate of drug-likeness (QED) is 0.524. The van der Waals surface area contributed by atoms with Crippen LogP contribution in [0.15, 0.2) is 0 Å². The Morgan fingerprint density at radius 2 is 1.80 bits per heavy atom. The molecule has 0 saturated carbocycles. The smallest absolute Gasteiger partial charge is 0.0700 e. The molecule has 0 saturated heterocycles. The molecule has 0 aromatic carbocycles. The van der Waals surface area contributed by atoms with Crippen molar-refractivity contribution in [2.45, 2.75) is 13.3 Å². The van der Waals surface area contributed by atoms with Gasteiger partial charge >= 0.3 is 0 Å². The largest absolute Gasteiger partial charge is 0.385 e. The van der Waals surface area contributed by atoms with Crippen LogP contribution in [-0.4, -0.2) is 53.7 Å². The molecule has 0 aliphatic carbocycles. The fourth-order valence-corrected chi connectivity index (χ4v) is 1.22. The minimum Gasteiger partial charge on any atom is -0.385 e. The van der Waals surface area contributed by atoms with Crippen LogP contribution < -0.4 is 5.32 Å². The lowest BCUT2D eigenvalue weighted by Crippen LogP contribution is -2.21. The fourth-order valence-electron chi connectivity index (χ4n) is 1.22. The van der Waals surface area contributed by atoms with Gasteiger partial charge in [0.05, 0.1) is 19.8 Å². The van der Waals surface area contributed by atoms with E-state index < -0.39 is 0 Å². The monoisotopic (exact) mass is 219 g/mol. The normalized spacial score (nSPS) is 13.0. The van der Waals surface area contributed by atoms with Crippen LogP contribution >= 0.6 is 0 Å². The molecule has 92 valence electrons. The predicted molar refractivity (Wildman–Crippen MR) is 61.2 cm³/mol. The highest BCUT2D eigenvalue weighted by atomic mass is 16.5. The lowest BCUT2D eigenvalue weighted by Gasteiger charge is -2.11. The minimum absolute atomic E-state index is 0.559. The molecule has 0 rings (SSSR count). The lowest BCUT2D eigenvalue weighted by atomic mass is 10.2. The molecular weight excluding hydrogens is 194 g/mol. The maximum absolute atomic E-state index is 5.46. The molecule has 1 atom stereocenters. The van der Waals surface area contributed by atoms with Gasteiger partial charge < -0.3 is 19.5 Å². The average molecular weight is 219 g/mol. The van der Waals surface area contributed by atoms with Gasteiger partial charge in [0.2, 0.25) is 0 Å². The third-order valence-corrected chi connectivity index (χ3v) is 1.96. The Hall–Kier alpha value is -0.160. The van der Waals surface area contributed by atoms with Gasteiger partial charge in [0.15, 0.2) is 0 Å². The molecule has 1 unspecified atom stereocenters. The molecule has 0 aromatic heterocycles. The fraction of sp³-hybridized carbons (Fsp3) is 1.00. The summed E-state index contributed by atoms with van der Waals surface area (Å²) in [6, 6.07) is 0. The molecule has 0 aliphatic rings. The summed E-state index contributed by atoms with van der Waals surface area (Å²) in [5, 5.41) is 3.12. The van der Waals surface area contributed by atoms with Crippen LogP contribution in [-0.2, 0) is 14.2 Å². The molecule has 0 bridgehead atoms. The van der Waals surface area contributed by atoms with Crippen LogP contribution in [0.2, 0.25) is 0 Å². The number of methoxy groups -OCH3 is 1. The van der Waals surface area contributed by atoms with Gasteiger partial charge in [0, 0.05) is 20.3 Å². The Balaban J connectivity index is 2.98. The van der Waals surface area contributed by atoms with E-state index in [0.717, 1.165) is 32.8 Å². The van der Waals surface area contributed by atoms with Crippen molar-refractivity contribution < 1.29 is 14.2 Å². The van der Waals surface area contributed by atoms with Gasteiger partial charge in [-0.1, -0.05) is 6.92 Å². The van der Waals surface area contributed by atoms with E-state index in [0.29, 0.717) is 19.1 Å². The second-order valence-electron chi connectivity index (χ2n) is 3.70. The van der Waals surface area contributed by atoms with E-state index in [4.69, 9.17) is 14.2 Å². The van der Waals surface area contributed by atoms with Gasteiger partial charge in [-0.15, -0.1) is 0 Å². The van der Waals surface area contributed by atoms with Gasteiger partial charge in [-0.2, -0.15) is 0 Å². The third kappa shape index (κ3) is 11.8. The predicted octanol–water partition coefficient (Wildman–Crippen LogP) is 0.912. The van der Waals surface area contributed by atoms with Crippen molar-refractivity contribution >= 4 is 0 Å². The zero-order valence-corrected chi connectivity index (χ0v) is 10.3. The summed E-state index contributed by atoms with van der Waals surface area (Å²) in [6.45, 7) is 6.83. The summed E-state index contributed by atoms with van der Waals surface area (Å²) < 4.78 is 15.7. The van der Waals surface area contributed by atoms with Crippen LogP contribution in [0.4, 0.5) is 0 Å². The second kappa shape index (κ2) is 11.9. The van der Waals surface area contributed by atoms with Crippen molar-refractivity contribution in [1.82, 2.24) is 5.32 Å². The summed E-state index contributed by atoms with van der Waals surface area (Å²) in [5.74, 6) is 0.559. The molecule has 0 aliphatic heterocycles. The van der Waals surface area contributed by atoms with Crippen LogP contribution in [0.3, 0.4) is 0 Å². The molecule has 0 fully saturated rings. The van der Waals surface area contributed by atoms with Crippen molar-refractivity contribution in [2.75, 3.05) is 53.7 Å². The van der Waals surface area contributed by atoms with Gasteiger partial charge in [-0.3, -0.25) is 0 Å². The van der Waals surface area contributed by atoms with E-state index in [9.17, 15) is 0 Å². The van der Waals surface area contributed by atoms with Crippen molar-refractivity contribution in [3.8, 4) is 0 Å². The Labute approximate surface area is 93.3 Å². The molecule has 0 amide bonds. The summed E-state index contributed by atoms with van der Waals surface area (Å²) in [5.41, 5.74) is 0. The first-order valence-electron chi connectivity index (χ1n) is 5.60. The Morgan fingerprint density at radius 3 is 2.47 bits per heavy atom. The maximum Gasteiger partial charge on any atom is 0.0700 e. The first-order chi connectivity index (χ1) is 7.31. The van der Waals surface area contributed by atoms with E-state index in [1.807, 2.05) is 7.05 Å². The SMILES string of the molecule is CNCC(C)COCCOCCCOC. The van der Waals surface area contributed by atoms with E-state index in [2.05, 4.69) is 12.2 Å². The minimum atomic E-state index is 0.559. The summed E-state index contributed by atoms with van der Waals surface area (Å²) in [4.78, 5) is 0. The molecule has 0 heterocycles. The molecule has 0 aromatic rings. The molecular formula is C11H25NO3. The van der Waals surface area contributed by atoms with Crippen molar-refractivity contribution in [3.05, 3.63) is 0 Å². The number of hydrogen-bond donors (Lipinski definition) is 1. The highest BCUT2D eigenvalue weighted by Gasteiger charge is 1.99. The Morgan fingerprint density at radius 1 is 1.07 bits per heavy atom. The zero-order chi connectivity index (χ0) is 11.4. The topological polar surface area (TPSA) is 39.7 Å². The molecule has 4 heteroatoms. The van der Waals surface area contributed by atoms with Crippen LogP contribution in [0.1, 0.15) is 13.3 Å². The van der Waals surface area contributed by atoms with E-state index in [1.54, 1.807) is 7.11 Å². The second-order valence-corrected chi connectivity index (χ2v) is 3.70. The van der Waals surface area contributed by atoms with Gasteiger partial charge in [-0.05, 0) is 25.9 Å². The number of ether oxygens (including phenoxy) is 3. The summed E-state index contributed by atoms with van der Waals surface area (Å²) in [7, 11) is 3.65. The molecule has 0 radical (unpaired) electrons. The molecule has 1 N–H and O–H groups in total. The Bertz CT molecular complexity index is 122.